The first-order valence-corrected chi connectivity index (χ1v) is 11.4. The highest BCUT2D eigenvalue weighted by atomic mass is 127. The van der Waals surface area contributed by atoms with Crippen molar-refractivity contribution in [2.75, 3.05) is 44.6 Å². The summed E-state index contributed by atoms with van der Waals surface area (Å²) in [5, 5.41) is 3.02. The van der Waals surface area contributed by atoms with Gasteiger partial charge in [0.05, 0.1) is 0 Å². The van der Waals surface area contributed by atoms with Gasteiger partial charge in [0.15, 0.2) is 0 Å². The van der Waals surface area contributed by atoms with Gasteiger partial charge < -0.3 is 10.2 Å². The van der Waals surface area contributed by atoms with Crippen LogP contribution in [0.1, 0.15) is 17.5 Å². The minimum Gasteiger partial charge on any atom is -0.326 e. The number of benzene rings is 2. The van der Waals surface area contributed by atoms with Gasteiger partial charge in [-0.1, -0.05) is 77.2 Å². The number of hydrogen-bond donors (Lipinski definition) is 1. The molecule has 1 saturated heterocycles. The SMILES string of the molecule is O=C(CCN1CCN(C/C=C/c2ccccc2)CC1)Nc1cccc(CI)c1. The molecule has 0 aliphatic carbocycles. The summed E-state index contributed by atoms with van der Waals surface area (Å²) in [5.41, 5.74) is 3.38. The molecule has 1 fully saturated rings. The van der Waals surface area contributed by atoms with Gasteiger partial charge in [0.2, 0.25) is 5.91 Å². The number of anilines is 1. The first-order valence-electron chi connectivity index (χ1n) is 9.84. The molecule has 1 aliphatic rings. The van der Waals surface area contributed by atoms with Crippen LogP contribution in [0.5, 0.6) is 0 Å². The molecule has 0 aromatic heterocycles. The number of amides is 1. The molecule has 148 valence electrons. The molecule has 2 aromatic rings. The van der Waals surface area contributed by atoms with Gasteiger partial charge in [0, 0.05) is 55.8 Å². The third-order valence-corrected chi connectivity index (χ3v) is 5.84. The van der Waals surface area contributed by atoms with Gasteiger partial charge in [-0.05, 0) is 23.3 Å². The van der Waals surface area contributed by atoms with E-state index < -0.39 is 0 Å². The van der Waals surface area contributed by atoms with Crippen LogP contribution in [0.4, 0.5) is 5.69 Å². The quantitative estimate of drug-likeness (QED) is 0.444. The van der Waals surface area contributed by atoms with E-state index in [-0.39, 0.29) is 5.91 Å². The predicted octanol–water partition coefficient (Wildman–Crippen LogP) is 4.28. The average Bonchev–Trinajstić information content (AvgIpc) is 2.74. The number of alkyl halides is 1. The summed E-state index contributed by atoms with van der Waals surface area (Å²) in [5.74, 6) is 0.0961. The highest BCUT2D eigenvalue weighted by Crippen LogP contribution is 2.14. The molecule has 4 nitrogen and oxygen atoms in total. The van der Waals surface area contributed by atoms with Crippen LogP contribution < -0.4 is 5.32 Å². The number of nitrogens with one attached hydrogen (secondary N) is 1. The van der Waals surface area contributed by atoms with E-state index in [1.165, 1.54) is 11.1 Å². The maximum Gasteiger partial charge on any atom is 0.225 e. The normalized spacial score (nSPS) is 15.8. The molecule has 0 bridgehead atoms. The van der Waals surface area contributed by atoms with Crippen LogP contribution in [0.25, 0.3) is 6.08 Å². The topological polar surface area (TPSA) is 35.6 Å². The molecule has 2 aromatic carbocycles. The molecular formula is C23H28IN3O. The second kappa shape index (κ2) is 11.3. The number of hydrogen-bond acceptors (Lipinski definition) is 3. The van der Waals surface area contributed by atoms with Crippen LogP contribution in [0.2, 0.25) is 0 Å². The Balaban J connectivity index is 1.34. The van der Waals surface area contributed by atoms with E-state index in [9.17, 15) is 4.79 Å². The Hall–Kier alpha value is -1.70. The summed E-state index contributed by atoms with van der Waals surface area (Å²) in [7, 11) is 0. The fraction of sp³-hybridized carbons (Fsp3) is 0.348. The molecule has 1 N–H and O–H groups in total. The van der Waals surface area contributed by atoms with Crippen molar-refractivity contribution in [1.29, 1.82) is 0 Å². The van der Waals surface area contributed by atoms with Crippen molar-refractivity contribution in [2.24, 2.45) is 0 Å². The highest BCUT2D eigenvalue weighted by Gasteiger charge is 2.16. The Kier molecular flexibility index (Phi) is 8.51. The Morgan fingerprint density at radius 3 is 2.50 bits per heavy atom. The van der Waals surface area contributed by atoms with Gasteiger partial charge >= 0.3 is 0 Å². The van der Waals surface area contributed by atoms with Crippen LogP contribution in [0.3, 0.4) is 0 Å². The monoisotopic (exact) mass is 489 g/mol. The zero-order chi connectivity index (χ0) is 19.6. The maximum atomic E-state index is 12.2. The highest BCUT2D eigenvalue weighted by molar-refractivity contribution is 14.1. The summed E-state index contributed by atoms with van der Waals surface area (Å²) >= 11 is 2.33. The second-order valence-electron chi connectivity index (χ2n) is 7.09. The largest absolute Gasteiger partial charge is 0.326 e. The van der Waals surface area contributed by atoms with Crippen molar-refractivity contribution in [1.82, 2.24) is 9.80 Å². The Morgan fingerprint density at radius 1 is 1.00 bits per heavy atom. The van der Waals surface area contributed by atoms with Gasteiger partial charge in [0.25, 0.3) is 0 Å². The number of piperazine rings is 1. The summed E-state index contributed by atoms with van der Waals surface area (Å²) in [4.78, 5) is 17.1. The minimum atomic E-state index is 0.0961. The molecule has 0 radical (unpaired) electrons. The van der Waals surface area contributed by atoms with Gasteiger partial charge in [-0.2, -0.15) is 0 Å². The molecule has 0 saturated carbocycles. The van der Waals surface area contributed by atoms with Crippen LogP contribution in [0.15, 0.2) is 60.7 Å². The Labute approximate surface area is 181 Å². The van der Waals surface area contributed by atoms with E-state index in [1.807, 2.05) is 24.3 Å². The van der Waals surface area contributed by atoms with Crippen molar-refractivity contribution in [3.05, 3.63) is 71.8 Å². The fourth-order valence-corrected chi connectivity index (χ4v) is 3.79. The number of rotatable bonds is 8. The van der Waals surface area contributed by atoms with E-state index in [2.05, 4.69) is 80.2 Å². The van der Waals surface area contributed by atoms with E-state index in [0.29, 0.717) is 6.42 Å². The van der Waals surface area contributed by atoms with Crippen molar-refractivity contribution < 1.29 is 4.79 Å². The predicted molar refractivity (Wildman–Crippen MR) is 126 cm³/mol. The zero-order valence-electron chi connectivity index (χ0n) is 16.2. The Morgan fingerprint density at radius 2 is 1.75 bits per heavy atom. The van der Waals surface area contributed by atoms with Crippen molar-refractivity contribution >= 4 is 40.3 Å². The Bertz CT molecular complexity index is 770. The molecule has 0 unspecified atom stereocenters. The van der Waals surface area contributed by atoms with Gasteiger partial charge in [0.1, 0.15) is 0 Å². The molecule has 1 heterocycles. The smallest absolute Gasteiger partial charge is 0.225 e. The van der Waals surface area contributed by atoms with Crippen LogP contribution >= 0.6 is 22.6 Å². The molecule has 3 rings (SSSR count). The van der Waals surface area contributed by atoms with E-state index in [0.717, 1.165) is 49.4 Å². The third kappa shape index (κ3) is 7.04. The maximum absolute atomic E-state index is 12.2. The summed E-state index contributed by atoms with van der Waals surface area (Å²) < 4.78 is 0.951. The van der Waals surface area contributed by atoms with Gasteiger partial charge in [-0.3, -0.25) is 9.69 Å². The minimum absolute atomic E-state index is 0.0961. The van der Waals surface area contributed by atoms with Gasteiger partial charge in [-0.15, -0.1) is 0 Å². The molecule has 0 atom stereocenters. The number of nitrogens with zero attached hydrogens (tertiary/aromatic N) is 2. The van der Waals surface area contributed by atoms with E-state index in [1.54, 1.807) is 0 Å². The van der Waals surface area contributed by atoms with Crippen molar-refractivity contribution in [3.63, 3.8) is 0 Å². The number of halogens is 1. The summed E-state index contributed by atoms with van der Waals surface area (Å²) in [6.07, 6.45) is 4.97. The van der Waals surface area contributed by atoms with E-state index in [4.69, 9.17) is 0 Å². The van der Waals surface area contributed by atoms with Crippen LogP contribution in [0, 0.1) is 0 Å². The van der Waals surface area contributed by atoms with Crippen LogP contribution in [-0.4, -0.2) is 55.0 Å². The molecule has 1 amide bonds. The number of carbonyl (C=O) groups is 1. The second-order valence-corrected chi connectivity index (χ2v) is 7.85. The lowest BCUT2D eigenvalue weighted by molar-refractivity contribution is -0.116. The zero-order valence-corrected chi connectivity index (χ0v) is 18.3. The first-order chi connectivity index (χ1) is 13.7. The summed E-state index contributed by atoms with van der Waals surface area (Å²) in [6, 6.07) is 18.5. The fourth-order valence-electron chi connectivity index (χ4n) is 3.31. The third-order valence-electron chi connectivity index (χ3n) is 4.96. The molecule has 28 heavy (non-hydrogen) atoms. The average molecular weight is 489 g/mol. The lowest BCUT2D eigenvalue weighted by Gasteiger charge is -2.34. The molecular weight excluding hydrogens is 461 g/mol. The van der Waals surface area contributed by atoms with Crippen molar-refractivity contribution in [3.8, 4) is 0 Å². The standard InChI is InChI=1S/C23H28IN3O/c24-19-21-8-4-10-22(18-21)25-23(28)11-13-27-16-14-26(15-17-27)12-5-9-20-6-2-1-3-7-20/h1-10,18H,11-17,19H2,(H,25,28)/b9-5+. The van der Waals surface area contributed by atoms with Crippen LogP contribution in [-0.2, 0) is 9.22 Å². The summed E-state index contributed by atoms with van der Waals surface area (Å²) in [6.45, 7) is 5.96. The number of carbonyl (C=O) groups excluding carboxylic acids is 1. The molecule has 5 heteroatoms. The lowest BCUT2D eigenvalue weighted by atomic mass is 10.2. The molecule has 0 spiro atoms. The van der Waals surface area contributed by atoms with Crippen molar-refractivity contribution in [2.45, 2.75) is 10.8 Å². The van der Waals surface area contributed by atoms with Gasteiger partial charge in [-0.25, -0.2) is 0 Å². The first kappa shape index (κ1) is 21.0. The lowest BCUT2D eigenvalue weighted by Crippen LogP contribution is -2.46. The van der Waals surface area contributed by atoms with E-state index >= 15 is 0 Å². The molecule has 1 aliphatic heterocycles.